The lowest BCUT2D eigenvalue weighted by Gasteiger charge is -2.33. The lowest BCUT2D eigenvalue weighted by Crippen LogP contribution is -2.38. The minimum absolute atomic E-state index is 0.737. The van der Waals surface area contributed by atoms with Crippen molar-refractivity contribution in [2.75, 3.05) is 0 Å². The molecule has 84 valence electrons. The van der Waals surface area contributed by atoms with Gasteiger partial charge >= 0.3 is 0 Å². The number of rotatable bonds is 3. The molecule has 3 atom stereocenters. The molecule has 15 heavy (non-hydrogen) atoms. The predicted octanol–water partition coefficient (Wildman–Crippen LogP) is 3.66. The second-order valence-electron chi connectivity index (χ2n) is 5.01. The highest BCUT2D eigenvalue weighted by Gasteiger charge is 2.24. The molecule has 0 aliphatic heterocycles. The van der Waals surface area contributed by atoms with Crippen molar-refractivity contribution in [3.63, 3.8) is 0 Å². The Hall–Kier alpha value is -0.340. The van der Waals surface area contributed by atoms with Crippen LogP contribution in [0.2, 0.25) is 0 Å². The molecule has 3 unspecified atom stereocenters. The van der Waals surface area contributed by atoms with Crippen LogP contribution in [0, 0.1) is 11.8 Å². The lowest BCUT2D eigenvalue weighted by molar-refractivity contribution is 0.227. The largest absolute Gasteiger partial charge is 0.310 e. The van der Waals surface area contributed by atoms with Crippen LogP contribution in [0.4, 0.5) is 0 Å². The van der Waals surface area contributed by atoms with E-state index in [1.165, 1.54) is 24.8 Å². The second kappa shape index (κ2) is 5.13. The molecule has 0 spiro atoms. The highest BCUT2D eigenvalue weighted by atomic mass is 32.1. The maximum atomic E-state index is 3.70. The van der Waals surface area contributed by atoms with Gasteiger partial charge in [-0.1, -0.05) is 13.8 Å². The number of hydrogen-bond donors (Lipinski definition) is 1. The summed E-state index contributed by atoms with van der Waals surface area (Å²) in [5.74, 6) is 1.77. The average Bonchev–Trinajstić information content (AvgIpc) is 2.69. The summed E-state index contributed by atoms with van der Waals surface area (Å²) in [4.78, 5) is 0. The van der Waals surface area contributed by atoms with Crippen molar-refractivity contribution in [1.82, 2.24) is 5.32 Å². The maximum Gasteiger partial charge on any atom is 0.0216 e. The molecule has 1 aromatic heterocycles. The van der Waals surface area contributed by atoms with Crippen molar-refractivity contribution in [2.24, 2.45) is 11.8 Å². The summed E-state index contributed by atoms with van der Waals surface area (Å²) in [6, 6.07) is 2.95. The minimum atomic E-state index is 0.737. The van der Waals surface area contributed by atoms with Crippen molar-refractivity contribution in [3.05, 3.63) is 22.4 Å². The summed E-state index contributed by atoms with van der Waals surface area (Å²) in [5.41, 5.74) is 1.44. The zero-order valence-electron chi connectivity index (χ0n) is 9.70. The fourth-order valence-corrected chi connectivity index (χ4v) is 3.28. The smallest absolute Gasteiger partial charge is 0.0216 e. The van der Waals surface area contributed by atoms with E-state index in [-0.39, 0.29) is 0 Å². The van der Waals surface area contributed by atoms with Gasteiger partial charge in [0.1, 0.15) is 0 Å². The van der Waals surface area contributed by atoms with Gasteiger partial charge in [-0.05, 0) is 53.5 Å². The first kappa shape index (κ1) is 11.2. The van der Waals surface area contributed by atoms with Gasteiger partial charge in [0, 0.05) is 12.6 Å². The van der Waals surface area contributed by atoms with Crippen LogP contribution in [0.1, 0.15) is 38.7 Å². The van der Waals surface area contributed by atoms with E-state index < -0.39 is 0 Å². The molecule has 1 heterocycles. The van der Waals surface area contributed by atoms with Crippen LogP contribution in [-0.2, 0) is 6.54 Å². The average molecular weight is 223 g/mol. The SMILES string of the molecule is CC1CCC(NCc2ccsc2)C(C)C1. The predicted molar refractivity (Wildman–Crippen MR) is 67.1 cm³/mol. The molecule has 0 radical (unpaired) electrons. The van der Waals surface area contributed by atoms with Crippen LogP contribution < -0.4 is 5.32 Å². The first-order valence-electron chi connectivity index (χ1n) is 6.00. The van der Waals surface area contributed by atoms with E-state index in [9.17, 15) is 0 Å². The van der Waals surface area contributed by atoms with E-state index in [1.807, 2.05) is 0 Å². The van der Waals surface area contributed by atoms with Gasteiger partial charge in [0.15, 0.2) is 0 Å². The minimum Gasteiger partial charge on any atom is -0.310 e. The fourth-order valence-electron chi connectivity index (χ4n) is 2.61. The molecule has 1 aliphatic carbocycles. The van der Waals surface area contributed by atoms with Crippen LogP contribution in [0.3, 0.4) is 0 Å². The molecule has 2 rings (SSSR count). The third kappa shape index (κ3) is 3.05. The summed E-state index contributed by atoms with van der Waals surface area (Å²) in [7, 11) is 0. The monoisotopic (exact) mass is 223 g/mol. The third-order valence-corrected chi connectivity index (χ3v) is 4.31. The Bertz CT molecular complexity index is 281. The molecule has 0 aromatic carbocycles. The number of nitrogens with one attached hydrogen (secondary N) is 1. The Morgan fingerprint density at radius 1 is 1.40 bits per heavy atom. The molecule has 1 nitrogen and oxygen atoms in total. The molecule has 1 saturated carbocycles. The molecule has 1 N–H and O–H groups in total. The molecular formula is C13H21NS. The number of hydrogen-bond acceptors (Lipinski definition) is 2. The van der Waals surface area contributed by atoms with Gasteiger partial charge in [0.05, 0.1) is 0 Å². The Morgan fingerprint density at radius 3 is 2.93 bits per heavy atom. The van der Waals surface area contributed by atoms with E-state index in [1.54, 1.807) is 11.3 Å². The first-order valence-corrected chi connectivity index (χ1v) is 6.94. The van der Waals surface area contributed by atoms with E-state index in [0.29, 0.717) is 0 Å². The zero-order valence-corrected chi connectivity index (χ0v) is 10.5. The van der Waals surface area contributed by atoms with Gasteiger partial charge in [-0.3, -0.25) is 0 Å². The molecular weight excluding hydrogens is 202 g/mol. The van der Waals surface area contributed by atoms with Crippen molar-refractivity contribution in [3.8, 4) is 0 Å². The highest BCUT2D eigenvalue weighted by Crippen LogP contribution is 2.28. The van der Waals surface area contributed by atoms with Crippen molar-refractivity contribution in [2.45, 2.75) is 45.7 Å². The summed E-state index contributed by atoms with van der Waals surface area (Å²) in [5, 5.41) is 8.10. The van der Waals surface area contributed by atoms with E-state index >= 15 is 0 Å². The first-order chi connectivity index (χ1) is 7.25. The number of thiophene rings is 1. The van der Waals surface area contributed by atoms with E-state index in [0.717, 1.165) is 24.4 Å². The normalized spacial score (nSPS) is 31.7. The molecule has 1 fully saturated rings. The van der Waals surface area contributed by atoms with Gasteiger partial charge in [-0.25, -0.2) is 0 Å². The molecule has 1 aliphatic rings. The van der Waals surface area contributed by atoms with E-state index in [4.69, 9.17) is 0 Å². The Morgan fingerprint density at radius 2 is 2.27 bits per heavy atom. The van der Waals surface area contributed by atoms with Gasteiger partial charge in [0.25, 0.3) is 0 Å². The Kier molecular flexibility index (Phi) is 3.81. The van der Waals surface area contributed by atoms with Crippen LogP contribution in [0.25, 0.3) is 0 Å². The molecule has 2 heteroatoms. The van der Waals surface area contributed by atoms with Crippen LogP contribution >= 0.6 is 11.3 Å². The van der Waals surface area contributed by atoms with Crippen LogP contribution in [0.5, 0.6) is 0 Å². The van der Waals surface area contributed by atoms with Gasteiger partial charge in [-0.15, -0.1) is 0 Å². The van der Waals surface area contributed by atoms with Gasteiger partial charge in [-0.2, -0.15) is 11.3 Å². The Balaban J connectivity index is 1.79. The maximum absolute atomic E-state index is 3.70. The third-order valence-electron chi connectivity index (χ3n) is 3.58. The van der Waals surface area contributed by atoms with Crippen LogP contribution in [-0.4, -0.2) is 6.04 Å². The van der Waals surface area contributed by atoms with Crippen LogP contribution in [0.15, 0.2) is 16.8 Å². The quantitative estimate of drug-likeness (QED) is 0.824. The van der Waals surface area contributed by atoms with Gasteiger partial charge < -0.3 is 5.32 Å². The fraction of sp³-hybridized carbons (Fsp3) is 0.692. The van der Waals surface area contributed by atoms with E-state index in [2.05, 4.69) is 36.0 Å². The molecule has 0 bridgehead atoms. The second-order valence-corrected chi connectivity index (χ2v) is 5.79. The standard InChI is InChI=1S/C13H21NS/c1-10-3-4-13(11(2)7-10)14-8-12-5-6-15-9-12/h5-6,9-11,13-14H,3-4,7-8H2,1-2H3. The molecule has 0 amide bonds. The topological polar surface area (TPSA) is 12.0 Å². The summed E-state index contributed by atoms with van der Waals surface area (Å²) >= 11 is 1.79. The summed E-state index contributed by atoms with van der Waals surface area (Å²) in [6.45, 7) is 5.82. The lowest BCUT2D eigenvalue weighted by atomic mass is 9.80. The zero-order chi connectivity index (χ0) is 10.7. The van der Waals surface area contributed by atoms with Crippen molar-refractivity contribution < 1.29 is 0 Å². The summed E-state index contributed by atoms with van der Waals surface area (Å²) < 4.78 is 0. The highest BCUT2D eigenvalue weighted by molar-refractivity contribution is 7.07. The van der Waals surface area contributed by atoms with Crippen molar-refractivity contribution in [1.29, 1.82) is 0 Å². The Labute approximate surface area is 96.9 Å². The van der Waals surface area contributed by atoms with Gasteiger partial charge in [0.2, 0.25) is 0 Å². The molecule has 0 saturated heterocycles. The molecule has 1 aromatic rings. The summed E-state index contributed by atoms with van der Waals surface area (Å²) in [6.07, 6.45) is 4.14. The van der Waals surface area contributed by atoms with Crippen molar-refractivity contribution >= 4 is 11.3 Å².